The van der Waals surface area contributed by atoms with E-state index < -0.39 is 17.6 Å². The summed E-state index contributed by atoms with van der Waals surface area (Å²) in [4.78, 5) is 12.4. The molecule has 0 aliphatic rings. The van der Waals surface area contributed by atoms with Crippen molar-refractivity contribution in [2.75, 3.05) is 5.32 Å². The molecule has 0 aliphatic heterocycles. The second-order valence-electron chi connectivity index (χ2n) is 6.45. The number of rotatable bonds is 5. The molecule has 0 aliphatic carbocycles. The van der Waals surface area contributed by atoms with Crippen LogP contribution in [0.4, 0.5) is 18.9 Å². The molecular formula is C22H17F3N4O. The highest BCUT2D eigenvalue weighted by Crippen LogP contribution is 2.31. The minimum atomic E-state index is -4.53. The van der Waals surface area contributed by atoms with Gasteiger partial charge >= 0.3 is 6.18 Å². The number of nitrogens with one attached hydrogen (secondary N) is 2. The first-order valence-electron chi connectivity index (χ1n) is 9.05. The topological polar surface area (TPSA) is 81.6 Å². The zero-order chi connectivity index (χ0) is 21.7. The predicted octanol–water partition coefficient (Wildman–Crippen LogP) is 5.20. The zero-order valence-corrected chi connectivity index (χ0v) is 15.9. The summed E-state index contributed by atoms with van der Waals surface area (Å²) in [5.74, 6) is -0.815. The number of nitrogens with zero attached hydrogens (tertiary/aromatic N) is 2. The van der Waals surface area contributed by atoms with Gasteiger partial charge in [-0.3, -0.25) is 9.89 Å². The molecule has 0 unspecified atom stereocenters. The quantitative estimate of drug-likeness (QED) is 0.448. The Bertz CT molecular complexity index is 1120. The smallest absolute Gasteiger partial charge is 0.321 e. The number of carbonyl (C=O) groups excluding carboxylic acids is 1. The van der Waals surface area contributed by atoms with Crippen LogP contribution in [0.2, 0.25) is 0 Å². The lowest BCUT2D eigenvalue weighted by Crippen LogP contribution is -2.14. The molecule has 0 bridgehead atoms. The maximum atomic E-state index is 12.8. The average molecular weight is 410 g/mol. The van der Waals surface area contributed by atoms with Crippen molar-refractivity contribution in [1.29, 1.82) is 5.26 Å². The molecule has 0 spiro atoms. The highest BCUT2D eigenvalue weighted by atomic mass is 19.4. The first-order valence-corrected chi connectivity index (χ1v) is 9.05. The Labute approximate surface area is 170 Å². The van der Waals surface area contributed by atoms with E-state index in [0.29, 0.717) is 11.3 Å². The molecule has 0 fully saturated rings. The molecule has 0 saturated carbocycles. The Hall–Kier alpha value is -3.86. The Kier molecular flexibility index (Phi) is 6.02. The number of hydrogen-bond acceptors (Lipinski definition) is 3. The van der Waals surface area contributed by atoms with Crippen LogP contribution in [0.3, 0.4) is 0 Å². The number of aromatic amines is 1. The van der Waals surface area contributed by atoms with Crippen LogP contribution in [-0.2, 0) is 17.4 Å². The number of halogens is 3. The number of alkyl halides is 3. The van der Waals surface area contributed by atoms with Crippen LogP contribution in [0.15, 0.2) is 60.3 Å². The summed E-state index contributed by atoms with van der Waals surface area (Å²) in [6, 6.07) is 13.7. The van der Waals surface area contributed by atoms with Crippen molar-refractivity contribution in [1.82, 2.24) is 10.2 Å². The van der Waals surface area contributed by atoms with E-state index in [0.717, 1.165) is 29.7 Å². The number of aryl methyl sites for hydroxylation is 1. The number of benzene rings is 2. The minimum absolute atomic E-state index is 0.0569. The first-order chi connectivity index (χ1) is 14.3. The van der Waals surface area contributed by atoms with Gasteiger partial charge in [0.15, 0.2) is 0 Å². The molecule has 1 amide bonds. The minimum Gasteiger partial charge on any atom is -0.321 e. The number of H-pyrrole nitrogens is 1. The van der Waals surface area contributed by atoms with E-state index >= 15 is 0 Å². The van der Waals surface area contributed by atoms with Gasteiger partial charge in [-0.05, 0) is 36.3 Å². The SMILES string of the molecule is CCc1ccc(-c2[nH]ncc2/C=C(\C#N)C(=O)Nc2cccc(C(F)(F)F)c2)cc1. The number of carbonyl (C=O) groups is 1. The molecule has 2 aromatic carbocycles. The highest BCUT2D eigenvalue weighted by Gasteiger charge is 2.30. The molecule has 0 atom stereocenters. The van der Waals surface area contributed by atoms with Crippen molar-refractivity contribution < 1.29 is 18.0 Å². The van der Waals surface area contributed by atoms with Crippen molar-refractivity contribution in [2.45, 2.75) is 19.5 Å². The monoisotopic (exact) mass is 410 g/mol. The Morgan fingerprint density at radius 1 is 1.23 bits per heavy atom. The van der Waals surface area contributed by atoms with Crippen LogP contribution >= 0.6 is 0 Å². The normalized spacial score (nSPS) is 11.8. The van der Waals surface area contributed by atoms with Gasteiger partial charge < -0.3 is 5.32 Å². The van der Waals surface area contributed by atoms with Gasteiger partial charge in [-0.2, -0.15) is 23.5 Å². The molecule has 152 valence electrons. The van der Waals surface area contributed by atoms with Crippen LogP contribution in [-0.4, -0.2) is 16.1 Å². The molecule has 30 heavy (non-hydrogen) atoms. The van der Waals surface area contributed by atoms with Crippen molar-refractivity contribution in [2.24, 2.45) is 0 Å². The van der Waals surface area contributed by atoms with Crippen molar-refractivity contribution in [3.8, 4) is 17.3 Å². The molecule has 8 heteroatoms. The van der Waals surface area contributed by atoms with Crippen molar-refractivity contribution in [3.05, 3.63) is 77.0 Å². The number of aromatic nitrogens is 2. The fourth-order valence-electron chi connectivity index (χ4n) is 2.82. The van der Waals surface area contributed by atoms with E-state index in [1.54, 1.807) is 6.07 Å². The van der Waals surface area contributed by atoms with E-state index in [9.17, 15) is 23.2 Å². The van der Waals surface area contributed by atoms with Crippen LogP contribution in [0.5, 0.6) is 0 Å². The molecule has 3 aromatic rings. The molecule has 3 rings (SSSR count). The van der Waals surface area contributed by atoms with Gasteiger partial charge in [0.05, 0.1) is 17.5 Å². The number of nitriles is 1. The molecular weight excluding hydrogens is 393 g/mol. The lowest BCUT2D eigenvalue weighted by Gasteiger charge is -2.09. The Balaban J connectivity index is 1.85. The molecule has 1 aromatic heterocycles. The number of amides is 1. The second kappa shape index (κ2) is 8.66. The first kappa shape index (κ1) is 20.9. The summed E-state index contributed by atoms with van der Waals surface area (Å²) in [5.41, 5.74) is 1.90. The zero-order valence-electron chi connectivity index (χ0n) is 15.9. The Morgan fingerprint density at radius 3 is 2.60 bits per heavy atom. The van der Waals surface area contributed by atoms with Gasteiger partial charge in [0, 0.05) is 16.8 Å². The third-order valence-corrected chi connectivity index (χ3v) is 4.43. The summed E-state index contributed by atoms with van der Waals surface area (Å²) in [6.07, 6.45) is -0.828. The maximum Gasteiger partial charge on any atom is 0.416 e. The van der Waals surface area contributed by atoms with E-state index in [1.807, 2.05) is 31.2 Å². The lowest BCUT2D eigenvalue weighted by molar-refractivity contribution is -0.137. The van der Waals surface area contributed by atoms with Crippen LogP contribution in [0.1, 0.15) is 23.6 Å². The van der Waals surface area contributed by atoms with Gasteiger partial charge in [0.1, 0.15) is 11.6 Å². The fourth-order valence-corrected chi connectivity index (χ4v) is 2.82. The molecule has 2 N–H and O–H groups in total. The highest BCUT2D eigenvalue weighted by molar-refractivity contribution is 6.10. The predicted molar refractivity (Wildman–Crippen MR) is 107 cm³/mol. The molecule has 0 saturated heterocycles. The summed E-state index contributed by atoms with van der Waals surface area (Å²) < 4.78 is 38.5. The molecule has 5 nitrogen and oxygen atoms in total. The summed E-state index contributed by atoms with van der Waals surface area (Å²) >= 11 is 0. The third kappa shape index (κ3) is 4.75. The fraction of sp³-hybridized carbons (Fsp3) is 0.136. The van der Waals surface area contributed by atoms with E-state index in [2.05, 4.69) is 15.5 Å². The van der Waals surface area contributed by atoms with Crippen molar-refractivity contribution in [3.63, 3.8) is 0 Å². The van der Waals surface area contributed by atoms with Crippen molar-refractivity contribution >= 4 is 17.7 Å². The Morgan fingerprint density at radius 2 is 1.97 bits per heavy atom. The number of anilines is 1. The van der Waals surface area contributed by atoms with Crippen LogP contribution in [0, 0.1) is 11.3 Å². The van der Waals surface area contributed by atoms with Gasteiger partial charge in [-0.1, -0.05) is 37.3 Å². The molecule has 0 radical (unpaired) electrons. The standard InChI is InChI=1S/C22H17F3N4O/c1-2-14-6-8-15(9-7-14)20-17(13-27-29-20)10-16(12-26)21(30)28-19-5-3-4-18(11-19)22(23,24)25/h3-11,13H,2H2,1H3,(H,27,29)(H,28,30)/b16-10+. The largest absolute Gasteiger partial charge is 0.416 e. The van der Waals surface area contributed by atoms with Crippen LogP contribution < -0.4 is 5.32 Å². The lowest BCUT2D eigenvalue weighted by atomic mass is 10.0. The summed E-state index contributed by atoms with van der Waals surface area (Å²) in [6.45, 7) is 2.04. The summed E-state index contributed by atoms with van der Waals surface area (Å²) in [7, 11) is 0. The maximum absolute atomic E-state index is 12.8. The van der Waals surface area contributed by atoms with Gasteiger partial charge in [-0.25, -0.2) is 0 Å². The van der Waals surface area contributed by atoms with Crippen LogP contribution in [0.25, 0.3) is 17.3 Å². The average Bonchev–Trinajstić information content (AvgIpc) is 3.19. The van der Waals surface area contributed by atoms with Gasteiger partial charge in [0.25, 0.3) is 5.91 Å². The van der Waals surface area contributed by atoms with E-state index in [4.69, 9.17) is 0 Å². The second-order valence-corrected chi connectivity index (χ2v) is 6.45. The third-order valence-electron chi connectivity index (χ3n) is 4.43. The van der Waals surface area contributed by atoms with E-state index in [-0.39, 0.29) is 11.3 Å². The molecule has 1 heterocycles. The summed E-state index contributed by atoms with van der Waals surface area (Å²) in [5, 5.41) is 18.5. The van der Waals surface area contributed by atoms with Gasteiger partial charge in [0.2, 0.25) is 0 Å². The van der Waals surface area contributed by atoms with E-state index in [1.165, 1.54) is 24.4 Å². The number of hydrogen-bond donors (Lipinski definition) is 2. The van der Waals surface area contributed by atoms with Gasteiger partial charge in [-0.15, -0.1) is 0 Å².